The van der Waals surface area contributed by atoms with E-state index in [1.807, 2.05) is 6.92 Å². The van der Waals surface area contributed by atoms with E-state index in [9.17, 15) is 0 Å². The molecule has 1 fully saturated rings. The van der Waals surface area contributed by atoms with Crippen LogP contribution in [0.5, 0.6) is 0 Å². The second kappa shape index (κ2) is 1.49. The highest BCUT2D eigenvalue weighted by molar-refractivity contribution is 5.82. The normalized spacial score (nSPS) is 29.2. The van der Waals surface area contributed by atoms with Gasteiger partial charge in [-0.3, -0.25) is 4.99 Å². The minimum absolute atomic E-state index is 0.365. The predicted molar refractivity (Wildman–Crippen MR) is 37.7 cm³/mol. The fourth-order valence-electron chi connectivity index (χ4n) is 1.60. The van der Waals surface area contributed by atoms with Gasteiger partial charge < -0.3 is 5.32 Å². The van der Waals surface area contributed by atoms with Crippen molar-refractivity contribution in [1.29, 1.82) is 0 Å². The molecule has 2 aliphatic rings. The zero-order valence-electron chi connectivity index (χ0n) is 5.78. The summed E-state index contributed by atoms with van der Waals surface area (Å²) in [5, 5.41) is 3.26. The van der Waals surface area contributed by atoms with E-state index in [0.717, 1.165) is 12.4 Å². The Balaban J connectivity index is 2.15. The van der Waals surface area contributed by atoms with Crippen LogP contribution >= 0.6 is 0 Å². The minimum atomic E-state index is 0.365. The van der Waals surface area contributed by atoms with Gasteiger partial charge in [-0.2, -0.15) is 0 Å². The molecule has 9 heavy (non-hydrogen) atoms. The van der Waals surface area contributed by atoms with Crippen molar-refractivity contribution in [1.82, 2.24) is 5.32 Å². The van der Waals surface area contributed by atoms with Gasteiger partial charge in [-0.15, -0.1) is 0 Å². The average molecular weight is 124 g/mol. The highest BCUT2D eigenvalue weighted by Gasteiger charge is 2.39. The summed E-state index contributed by atoms with van der Waals surface area (Å²) in [4.78, 5) is 4.53. The van der Waals surface area contributed by atoms with Gasteiger partial charge in [-0.05, 0) is 26.2 Å². The first-order valence-corrected chi connectivity index (χ1v) is 3.61. The Kier molecular flexibility index (Phi) is 0.875. The van der Waals surface area contributed by atoms with Crippen molar-refractivity contribution < 1.29 is 0 Å². The molecule has 0 aromatic carbocycles. The zero-order valence-corrected chi connectivity index (χ0v) is 5.78. The van der Waals surface area contributed by atoms with Gasteiger partial charge in [-0.25, -0.2) is 0 Å². The molecular formula is C7H12N2. The maximum atomic E-state index is 4.53. The number of nitrogens with one attached hydrogen (secondary N) is 1. The average Bonchev–Trinajstić information content (AvgIpc) is 2.09. The molecule has 2 rings (SSSR count). The van der Waals surface area contributed by atoms with Gasteiger partial charge in [0.25, 0.3) is 0 Å². The molecule has 2 heteroatoms. The van der Waals surface area contributed by atoms with Gasteiger partial charge in [0.15, 0.2) is 0 Å². The second-order valence-electron chi connectivity index (χ2n) is 3.13. The number of nitrogens with zero attached hydrogens (tertiary/aromatic N) is 1. The highest BCUT2D eigenvalue weighted by atomic mass is 15.1. The van der Waals surface area contributed by atoms with Crippen LogP contribution in [-0.2, 0) is 0 Å². The molecular weight excluding hydrogens is 112 g/mol. The smallest absolute Gasteiger partial charge is 0.0940 e. The fourth-order valence-corrected chi connectivity index (χ4v) is 1.60. The summed E-state index contributed by atoms with van der Waals surface area (Å²) in [6, 6.07) is 0. The van der Waals surface area contributed by atoms with Crippen LogP contribution in [0.15, 0.2) is 4.99 Å². The zero-order chi connectivity index (χ0) is 6.32. The van der Waals surface area contributed by atoms with Crippen LogP contribution in [0, 0.1) is 0 Å². The van der Waals surface area contributed by atoms with Gasteiger partial charge in [0.2, 0.25) is 0 Å². The first-order valence-electron chi connectivity index (χ1n) is 3.61. The Morgan fingerprint density at radius 1 is 1.56 bits per heavy atom. The second-order valence-corrected chi connectivity index (χ2v) is 3.13. The van der Waals surface area contributed by atoms with Crippen LogP contribution in [0.1, 0.15) is 26.2 Å². The molecule has 0 saturated heterocycles. The molecule has 1 aliphatic carbocycles. The van der Waals surface area contributed by atoms with Crippen molar-refractivity contribution in [3.05, 3.63) is 0 Å². The Hall–Kier alpha value is -0.530. The number of rotatable bonds is 0. The van der Waals surface area contributed by atoms with Crippen LogP contribution in [0.2, 0.25) is 0 Å². The van der Waals surface area contributed by atoms with Crippen LogP contribution in [0.4, 0.5) is 0 Å². The van der Waals surface area contributed by atoms with Crippen LogP contribution in [0.3, 0.4) is 0 Å². The third-order valence-electron chi connectivity index (χ3n) is 2.36. The minimum Gasteiger partial charge on any atom is -0.372 e. The quantitative estimate of drug-likeness (QED) is 0.510. The topological polar surface area (TPSA) is 24.4 Å². The van der Waals surface area contributed by atoms with Crippen molar-refractivity contribution >= 4 is 5.84 Å². The van der Waals surface area contributed by atoms with Crippen molar-refractivity contribution in [3.8, 4) is 0 Å². The van der Waals surface area contributed by atoms with Crippen LogP contribution in [0.25, 0.3) is 0 Å². The van der Waals surface area contributed by atoms with Gasteiger partial charge in [0.1, 0.15) is 0 Å². The Bertz CT molecular complexity index is 156. The summed E-state index contributed by atoms with van der Waals surface area (Å²) in [6.45, 7) is 3.14. The molecule has 1 aliphatic heterocycles. The third-order valence-corrected chi connectivity index (χ3v) is 2.36. The lowest BCUT2D eigenvalue weighted by Crippen LogP contribution is -2.39. The van der Waals surface area contributed by atoms with E-state index in [2.05, 4.69) is 10.3 Å². The molecule has 0 amide bonds. The van der Waals surface area contributed by atoms with Gasteiger partial charge >= 0.3 is 0 Å². The molecule has 2 nitrogen and oxygen atoms in total. The van der Waals surface area contributed by atoms with Gasteiger partial charge in [-0.1, -0.05) is 0 Å². The van der Waals surface area contributed by atoms with Crippen LogP contribution < -0.4 is 5.32 Å². The summed E-state index contributed by atoms with van der Waals surface area (Å²) in [5.74, 6) is 1.13. The lowest BCUT2D eigenvalue weighted by atomic mass is 9.78. The van der Waals surface area contributed by atoms with E-state index >= 15 is 0 Å². The van der Waals surface area contributed by atoms with Crippen molar-refractivity contribution in [2.24, 2.45) is 4.99 Å². The maximum Gasteiger partial charge on any atom is 0.0940 e. The van der Waals surface area contributed by atoms with Crippen molar-refractivity contribution in [2.75, 3.05) is 6.54 Å². The van der Waals surface area contributed by atoms with Crippen molar-refractivity contribution in [3.63, 3.8) is 0 Å². The summed E-state index contributed by atoms with van der Waals surface area (Å²) in [7, 11) is 0. The summed E-state index contributed by atoms with van der Waals surface area (Å²) >= 11 is 0. The maximum absolute atomic E-state index is 4.53. The molecule has 0 bridgehead atoms. The summed E-state index contributed by atoms with van der Waals surface area (Å²) in [6.07, 6.45) is 3.98. The fraction of sp³-hybridized carbons (Fsp3) is 0.857. The largest absolute Gasteiger partial charge is 0.372 e. The number of hydrogen-bond donors (Lipinski definition) is 1. The van der Waals surface area contributed by atoms with Crippen LogP contribution in [-0.4, -0.2) is 17.9 Å². The molecule has 0 aromatic rings. The third kappa shape index (κ3) is 0.655. The molecule has 1 spiro atoms. The predicted octanol–water partition coefficient (Wildman–Crippen LogP) is 0.931. The summed E-state index contributed by atoms with van der Waals surface area (Å²) < 4.78 is 0. The molecule has 0 aromatic heterocycles. The van der Waals surface area contributed by atoms with E-state index < -0.39 is 0 Å². The van der Waals surface area contributed by atoms with Gasteiger partial charge in [0, 0.05) is 6.54 Å². The molecule has 1 N–H and O–H groups in total. The van der Waals surface area contributed by atoms with E-state index in [1.165, 1.54) is 19.3 Å². The molecule has 1 heterocycles. The van der Waals surface area contributed by atoms with E-state index in [1.54, 1.807) is 0 Å². The van der Waals surface area contributed by atoms with Crippen molar-refractivity contribution in [2.45, 2.75) is 31.7 Å². The summed E-state index contributed by atoms with van der Waals surface area (Å²) in [5.41, 5.74) is 0.365. The highest BCUT2D eigenvalue weighted by Crippen LogP contribution is 2.37. The lowest BCUT2D eigenvalue weighted by molar-refractivity contribution is 0.268. The lowest BCUT2D eigenvalue weighted by Gasteiger charge is -2.33. The molecule has 0 atom stereocenters. The number of amidine groups is 1. The van der Waals surface area contributed by atoms with Gasteiger partial charge in [0.05, 0.1) is 11.4 Å². The monoisotopic (exact) mass is 124 g/mol. The standard InChI is InChI=1S/C7H12N2/c1-6-8-5-7(9-6)3-2-4-7/h2-5H2,1H3,(H,8,9). The Morgan fingerprint density at radius 3 is 2.56 bits per heavy atom. The SMILES string of the molecule is CC1=NC2(CCC2)CN1. The molecule has 50 valence electrons. The molecule has 1 saturated carbocycles. The first-order chi connectivity index (χ1) is 4.31. The molecule has 0 unspecified atom stereocenters. The number of hydrogen-bond acceptors (Lipinski definition) is 2. The Labute approximate surface area is 55.4 Å². The van der Waals surface area contributed by atoms with E-state index in [-0.39, 0.29) is 0 Å². The Morgan fingerprint density at radius 2 is 2.33 bits per heavy atom. The first kappa shape index (κ1) is 5.27. The number of aliphatic imine (C=N–C) groups is 1. The molecule has 0 radical (unpaired) electrons. The van der Waals surface area contributed by atoms with E-state index in [4.69, 9.17) is 0 Å². The van der Waals surface area contributed by atoms with E-state index in [0.29, 0.717) is 5.54 Å².